The van der Waals surface area contributed by atoms with Crippen LogP contribution in [-0.4, -0.2) is 36.1 Å². The quantitative estimate of drug-likeness (QED) is 0.829. The van der Waals surface area contributed by atoms with Crippen LogP contribution >= 0.6 is 0 Å². The third-order valence-corrected chi connectivity index (χ3v) is 5.39. The SMILES string of the molecule is CCC1(C)CN(C2CCCCC2C(C)C)CCN1. The highest BCUT2D eigenvalue weighted by Crippen LogP contribution is 2.34. The van der Waals surface area contributed by atoms with E-state index in [1.54, 1.807) is 0 Å². The predicted octanol–water partition coefficient (Wildman–Crippen LogP) is 3.28. The molecule has 3 atom stereocenters. The zero-order valence-electron chi connectivity index (χ0n) is 12.8. The molecule has 1 aliphatic carbocycles. The summed E-state index contributed by atoms with van der Waals surface area (Å²) < 4.78 is 0. The molecule has 1 aliphatic heterocycles. The van der Waals surface area contributed by atoms with Crippen molar-refractivity contribution in [2.75, 3.05) is 19.6 Å². The van der Waals surface area contributed by atoms with Crippen molar-refractivity contribution in [3.63, 3.8) is 0 Å². The Morgan fingerprint density at radius 1 is 1.28 bits per heavy atom. The first-order valence-corrected chi connectivity index (χ1v) is 8.05. The molecule has 18 heavy (non-hydrogen) atoms. The molecule has 2 rings (SSSR count). The van der Waals surface area contributed by atoms with Gasteiger partial charge in [-0.15, -0.1) is 0 Å². The van der Waals surface area contributed by atoms with Crippen LogP contribution in [0.1, 0.15) is 59.8 Å². The lowest BCUT2D eigenvalue weighted by molar-refractivity contribution is 0.0328. The maximum atomic E-state index is 3.72. The Bertz CT molecular complexity index is 264. The second kappa shape index (κ2) is 5.92. The summed E-state index contributed by atoms with van der Waals surface area (Å²) in [5, 5.41) is 3.72. The molecule has 0 aromatic carbocycles. The van der Waals surface area contributed by atoms with Crippen LogP contribution in [0.25, 0.3) is 0 Å². The van der Waals surface area contributed by atoms with Crippen LogP contribution in [0, 0.1) is 11.8 Å². The Kier molecular flexibility index (Phi) is 4.71. The minimum absolute atomic E-state index is 0.344. The van der Waals surface area contributed by atoms with Crippen LogP contribution in [0.2, 0.25) is 0 Å². The Morgan fingerprint density at radius 2 is 2.00 bits per heavy atom. The van der Waals surface area contributed by atoms with Crippen LogP contribution in [0.5, 0.6) is 0 Å². The van der Waals surface area contributed by atoms with Gasteiger partial charge < -0.3 is 5.32 Å². The Morgan fingerprint density at radius 3 is 2.67 bits per heavy atom. The Balaban J connectivity index is 2.04. The number of nitrogens with one attached hydrogen (secondary N) is 1. The van der Waals surface area contributed by atoms with Crippen LogP contribution in [0.3, 0.4) is 0 Å². The molecule has 2 nitrogen and oxygen atoms in total. The zero-order chi connectivity index (χ0) is 13.2. The molecule has 106 valence electrons. The summed E-state index contributed by atoms with van der Waals surface area (Å²) in [5.41, 5.74) is 0.344. The fraction of sp³-hybridized carbons (Fsp3) is 1.00. The minimum Gasteiger partial charge on any atom is -0.309 e. The molecule has 3 unspecified atom stereocenters. The van der Waals surface area contributed by atoms with Gasteiger partial charge in [0, 0.05) is 31.2 Å². The summed E-state index contributed by atoms with van der Waals surface area (Å²) in [6, 6.07) is 0.853. The monoisotopic (exact) mass is 252 g/mol. The zero-order valence-corrected chi connectivity index (χ0v) is 12.8. The number of hydrogen-bond donors (Lipinski definition) is 1. The second-order valence-corrected chi connectivity index (χ2v) is 7.07. The van der Waals surface area contributed by atoms with E-state index in [-0.39, 0.29) is 0 Å². The number of hydrogen-bond acceptors (Lipinski definition) is 2. The van der Waals surface area contributed by atoms with Gasteiger partial charge in [0.2, 0.25) is 0 Å². The van der Waals surface area contributed by atoms with Crippen molar-refractivity contribution < 1.29 is 0 Å². The maximum Gasteiger partial charge on any atom is 0.0278 e. The highest BCUT2D eigenvalue weighted by molar-refractivity contribution is 4.95. The fourth-order valence-electron chi connectivity index (χ4n) is 3.98. The van der Waals surface area contributed by atoms with Crippen LogP contribution < -0.4 is 5.32 Å². The Labute approximate surface area is 114 Å². The van der Waals surface area contributed by atoms with Gasteiger partial charge in [0.1, 0.15) is 0 Å². The summed E-state index contributed by atoms with van der Waals surface area (Å²) in [6.07, 6.45) is 7.03. The van der Waals surface area contributed by atoms with E-state index in [2.05, 4.69) is 37.9 Å². The molecule has 0 aromatic rings. The van der Waals surface area contributed by atoms with Gasteiger partial charge >= 0.3 is 0 Å². The van der Waals surface area contributed by atoms with Gasteiger partial charge in [-0.1, -0.05) is 33.6 Å². The molecule has 0 bridgehead atoms. The molecule has 0 aromatic heterocycles. The second-order valence-electron chi connectivity index (χ2n) is 7.07. The molecule has 1 N–H and O–H groups in total. The maximum absolute atomic E-state index is 3.72. The molecule has 2 fully saturated rings. The van der Waals surface area contributed by atoms with Crippen LogP contribution in [0.15, 0.2) is 0 Å². The summed E-state index contributed by atoms with van der Waals surface area (Å²) in [5.74, 6) is 1.77. The molecule has 1 saturated heterocycles. The molecule has 0 amide bonds. The number of nitrogens with zero attached hydrogens (tertiary/aromatic N) is 1. The highest BCUT2D eigenvalue weighted by Gasteiger charge is 2.37. The summed E-state index contributed by atoms with van der Waals surface area (Å²) in [4.78, 5) is 2.81. The van der Waals surface area contributed by atoms with E-state index in [0.717, 1.165) is 17.9 Å². The van der Waals surface area contributed by atoms with Crippen molar-refractivity contribution in [3.8, 4) is 0 Å². The lowest BCUT2D eigenvalue weighted by Gasteiger charge is -2.49. The molecule has 2 aliphatic rings. The first-order chi connectivity index (χ1) is 8.56. The highest BCUT2D eigenvalue weighted by atomic mass is 15.2. The Hall–Kier alpha value is -0.0800. The summed E-state index contributed by atoms with van der Waals surface area (Å²) in [7, 11) is 0. The lowest BCUT2D eigenvalue weighted by atomic mass is 9.76. The standard InChI is InChI=1S/C16H32N2/c1-5-16(4)12-18(11-10-17-16)15-9-7-6-8-14(15)13(2)3/h13-15,17H,5-12H2,1-4H3. The van der Waals surface area contributed by atoms with Crippen LogP contribution in [-0.2, 0) is 0 Å². The van der Waals surface area contributed by atoms with Crippen molar-refractivity contribution in [1.82, 2.24) is 10.2 Å². The predicted molar refractivity (Wildman–Crippen MR) is 78.9 cm³/mol. The van der Waals surface area contributed by atoms with Gasteiger partial charge in [-0.3, -0.25) is 4.90 Å². The summed E-state index contributed by atoms with van der Waals surface area (Å²) >= 11 is 0. The third-order valence-electron chi connectivity index (χ3n) is 5.39. The molecule has 1 heterocycles. The molecule has 0 radical (unpaired) electrons. The van der Waals surface area contributed by atoms with Crippen molar-refractivity contribution in [1.29, 1.82) is 0 Å². The van der Waals surface area contributed by atoms with E-state index in [4.69, 9.17) is 0 Å². The normalized spacial score (nSPS) is 39.2. The van der Waals surface area contributed by atoms with Gasteiger partial charge in [-0.05, 0) is 38.0 Å². The molecular weight excluding hydrogens is 220 g/mol. The molecule has 0 spiro atoms. The van der Waals surface area contributed by atoms with E-state index < -0.39 is 0 Å². The number of rotatable bonds is 3. The first-order valence-electron chi connectivity index (χ1n) is 8.05. The molecule has 2 heteroatoms. The van der Waals surface area contributed by atoms with Crippen molar-refractivity contribution >= 4 is 0 Å². The van der Waals surface area contributed by atoms with Gasteiger partial charge in [0.25, 0.3) is 0 Å². The van der Waals surface area contributed by atoms with E-state index in [1.807, 2.05) is 0 Å². The molecule has 1 saturated carbocycles. The topological polar surface area (TPSA) is 15.3 Å². The number of piperazine rings is 1. The van der Waals surface area contributed by atoms with E-state index in [0.29, 0.717) is 5.54 Å². The van der Waals surface area contributed by atoms with Gasteiger partial charge in [0.05, 0.1) is 0 Å². The van der Waals surface area contributed by atoms with Gasteiger partial charge in [0.15, 0.2) is 0 Å². The van der Waals surface area contributed by atoms with Gasteiger partial charge in [-0.25, -0.2) is 0 Å². The first kappa shape index (κ1) is 14.3. The van der Waals surface area contributed by atoms with Crippen molar-refractivity contribution in [2.45, 2.75) is 71.4 Å². The van der Waals surface area contributed by atoms with E-state index in [9.17, 15) is 0 Å². The molecular formula is C16H32N2. The average molecular weight is 252 g/mol. The lowest BCUT2D eigenvalue weighted by Crippen LogP contribution is -2.62. The minimum atomic E-state index is 0.344. The smallest absolute Gasteiger partial charge is 0.0278 e. The largest absolute Gasteiger partial charge is 0.309 e. The average Bonchev–Trinajstić information content (AvgIpc) is 2.39. The fourth-order valence-corrected chi connectivity index (χ4v) is 3.98. The van der Waals surface area contributed by atoms with Crippen molar-refractivity contribution in [3.05, 3.63) is 0 Å². The van der Waals surface area contributed by atoms with E-state index >= 15 is 0 Å². The van der Waals surface area contributed by atoms with Crippen LogP contribution in [0.4, 0.5) is 0 Å². The summed E-state index contributed by atoms with van der Waals surface area (Å²) in [6.45, 7) is 13.2. The van der Waals surface area contributed by atoms with E-state index in [1.165, 1.54) is 51.7 Å². The third kappa shape index (κ3) is 3.08. The van der Waals surface area contributed by atoms with Crippen molar-refractivity contribution in [2.24, 2.45) is 11.8 Å². The van der Waals surface area contributed by atoms with Gasteiger partial charge in [-0.2, -0.15) is 0 Å².